The van der Waals surface area contributed by atoms with E-state index in [9.17, 15) is 4.79 Å². The molecule has 0 radical (unpaired) electrons. The molecule has 3 rings (SSSR count). The van der Waals surface area contributed by atoms with Gasteiger partial charge in [-0.2, -0.15) is 5.48 Å². The molecule has 6 heteroatoms. The van der Waals surface area contributed by atoms with Crippen molar-refractivity contribution in [2.45, 2.75) is 32.0 Å². The summed E-state index contributed by atoms with van der Waals surface area (Å²) in [6.07, 6.45) is 1.64. The maximum absolute atomic E-state index is 12.9. The molecule has 23 heavy (non-hydrogen) atoms. The summed E-state index contributed by atoms with van der Waals surface area (Å²) in [6.45, 7) is 6.09. The van der Waals surface area contributed by atoms with E-state index in [-0.39, 0.29) is 18.1 Å². The Bertz CT molecular complexity index is 509. The zero-order chi connectivity index (χ0) is 16.1. The van der Waals surface area contributed by atoms with Gasteiger partial charge in [-0.1, -0.05) is 25.1 Å². The Morgan fingerprint density at radius 2 is 2.17 bits per heavy atom. The van der Waals surface area contributed by atoms with Crippen molar-refractivity contribution in [3.8, 4) is 0 Å². The van der Waals surface area contributed by atoms with Crippen LogP contribution < -0.4 is 15.7 Å². The van der Waals surface area contributed by atoms with Gasteiger partial charge in [0.25, 0.3) is 0 Å². The van der Waals surface area contributed by atoms with Crippen LogP contribution in [-0.2, 0) is 9.63 Å². The number of carbonyl (C=O) groups is 1. The molecule has 1 aromatic rings. The van der Waals surface area contributed by atoms with E-state index in [1.165, 1.54) is 0 Å². The number of hydrogen-bond donors (Lipinski definition) is 2. The minimum atomic E-state index is 0.159. The lowest BCUT2D eigenvalue weighted by atomic mass is 10.1. The monoisotopic (exact) mass is 318 g/mol. The first kappa shape index (κ1) is 16.4. The second-order valence-corrected chi connectivity index (χ2v) is 6.12. The summed E-state index contributed by atoms with van der Waals surface area (Å²) in [5.74, 6) is 0.192. The highest BCUT2D eigenvalue weighted by Crippen LogP contribution is 2.19. The van der Waals surface area contributed by atoms with Crippen LogP contribution in [0.25, 0.3) is 0 Å². The quantitative estimate of drug-likeness (QED) is 0.847. The first-order valence-electron chi connectivity index (χ1n) is 8.48. The van der Waals surface area contributed by atoms with Crippen LogP contribution in [0.1, 0.15) is 19.8 Å². The first-order valence-corrected chi connectivity index (χ1v) is 8.48. The fourth-order valence-corrected chi connectivity index (χ4v) is 3.36. The summed E-state index contributed by atoms with van der Waals surface area (Å²) in [7, 11) is 0. The van der Waals surface area contributed by atoms with Gasteiger partial charge in [0.05, 0.1) is 12.8 Å². The van der Waals surface area contributed by atoms with E-state index in [0.29, 0.717) is 13.0 Å². The van der Waals surface area contributed by atoms with Gasteiger partial charge in [-0.3, -0.25) is 14.5 Å². The Morgan fingerprint density at radius 1 is 1.35 bits per heavy atom. The van der Waals surface area contributed by atoms with Gasteiger partial charge in [0.15, 0.2) is 0 Å². The number of hydrogen-bond acceptors (Lipinski definition) is 5. The van der Waals surface area contributed by atoms with Crippen molar-refractivity contribution in [1.82, 2.24) is 15.7 Å². The summed E-state index contributed by atoms with van der Waals surface area (Å²) in [4.78, 5) is 22.5. The van der Waals surface area contributed by atoms with E-state index in [0.717, 1.165) is 38.3 Å². The highest BCUT2D eigenvalue weighted by Gasteiger charge is 2.34. The van der Waals surface area contributed by atoms with Crippen molar-refractivity contribution in [3.63, 3.8) is 0 Å². The lowest BCUT2D eigenvalue weighted by molar-refractivity contribution is -0.129. The van der Waals surface area contributed by atoms with Crippen molar-refractivity contribution >= 4 is 11.6 Å². The van der Waals surface area contributed by atoms with Crippen LogP contribution in [0.3, 0.4) is 0 Å². The van der Waals surface area contributed by atoms with Crippen LogP contribution in [0.4, 0.5) is 5.69 Å². The molecule has 0 saturated carbocycles. The predicted molar refractivity (Wildman–Crippen MR) is 89.9 cm³/mol. The smallest absolute Gasteiger partial charge is 0.228 e. The first-order chi connectivity index (χ1) is 11.3. The van der Waals surface area contributed by atoms with E-state index in [2.05, 4.69) is 22.6 Å². The number of piperazine rings is 1. The third kappa shape index (κ3) is 3.90. The third-order valence-corrected chi connectivity index (χ3v) is 4.48. The summed E-state index contributed by atoms with van der Waals surface area (Å²) < 4.78 is 0. The van der Waals surface area contributed by atoms with Gasteiger partial charge in [0.1, 0.15) is 0 Å². The fraction of sp³-hybridized carbons (Fsp3) is 0.588. The Hall–Kier alpha value is -1.47. The van der Waals surface area contributed by atoms with E-state index in [4.69, 9.17) is 4.84 Å². The average Bonchev–Trinajstić information content (AvgIpc) is 2.60. The summed E-state index contributed by atoms with van der Waals surface area (Å²) >= 11 is 0. The molecular weight excluding hydrogens is 292 g/mol. The number of para-hydroxylation sites is 1. The number of anilines is 1. The molecule has 2 aliphatic heterocycles. The van der Waals surface area contributed by atoms with Crippen LogP contribution in [-0.4, -0.2) is 55.8 Å². The van der Waals surface area contributed by atoms with Crippen LogP contribution >= 0.6 is 0 Å². The topological polar surface area (TPSA) is 56.8 Å². The van der Waals surface area contributed by atoms with Gasteiger partial charge in [0.2, 0.25) is 5.91 Å². The van der Waals surface area contributed by atoms with Crippen molar-refractivity contribution in [2.75, 3.05) is 37.7 Å². The summed E-state index contributed by atoms with van der Waals surface area (Å²) in [5, 5.41) is 3.40. The molecule has 2 fully saturated rings. The van der Waals surface area contributed by atoms with E-state index in [1.807, 2.05) is 35.2 Å². The second kappa shape index (κ2) is 7.88. The Balaban J connectivity index is 1.68. The SMILES string of the molecule is CCCN(C(=O)CC1CNCC2NOCCN12)c1ccccc1. The van der Waals surface area contributed by atoms with Crippen LogP contribution in [0.2, 0.25) is 0 Å². The zero-order valence-electron chi connectivity index (χ0n) is 13.7. The van der Waals surface area contributed by atoms with Crippen molar-refractivity contribution in [2.24, 2.45) is 0 Å². The number of nitrogens with one attached hydrogen (secondary N) is 2. The van der Waals surface area contributed by atoms with Gasteiger partial charge >= 0.3 is 0 Å². The molecule has 0 aliphatic carbocycles. The van der Waals surface area contributed by atoms with Gasteiger partial charge < -0.3 is 10.2 Å². The van der Waals surface area contributed by atoms with Gasteiger partial charge in [-0.05, 0) is 18.6 Å². The number of hydroxylamine groups is 1. The largest absolute Gasteiger partial charge is 0.312 e. The normalized spacial score (nSPS) is 24.9. The number of amides is 1. The number of rotatable bonds is 5. The molecule has 2 N–H and O–H groups in total. The Kier molecular flexibility index (Phi) is 5.61. The molecule has 1 aromatic carbocycles. The molecule has 2 atom stereocenters. The van der Waals surface area contributed by atoms with E-state index < -0.39 is 0 Å². The zero-order valence-corrected chi connectivity index (χ0v) is 13.7. The molecule has 126 valence electrons. The van der Waals surface area contributed by atoms with Crippen molar-refractivity contribution < 1.29 is 9.63 Å². The number of fused-ring (bicyclic) bond motifs is 1. The highest BCUT2D eigenvalue weighted by molar-refractivity contribution is 5.93. The molecule has 0 spiro atoms. The lowest BCUT2D eigenvalue weighted by Crippen LogP contribution is -2.66. The third-order valence-electron chi connectivity index (χ3n) is 4.48. The number of benzene rings is 1. The molecule has 1 amide bonds. The molecule has 2 heterocycles. The Morgan fingerprint density at radius 3 is 2.96 bits per heavy atom. The Labute approximate surface area is 137 Å². The predicted octanol–water partition coefficient (Wildman–Crippen LogP) is 0.954. The lowest BCUT2D eigenvalue weighted by Gasteiger charge is -2.45. The maximum atomic E-state index is 12.9. The number of carbonyl (C=O) groups excluding carboxylic acids is 1. The molecule has 2 saturated heterocycles. The summed E-state index contributed by atoms with van der Waals surface area (Å²) in [6, 6.07) is 10.2. The van der Waals surface area contributed by atoms with Crippen LogP contribution in [0.5, 0.6) is 0 Å². The minimum Gasteiger partial charge on any atom is -0.312 e. The average molecular weight is 318 g/mol. The van der Waals surface area contributed by atoms with E-state index in [1.54, 1.807) is 0 Å². The van der Waals surface area contributed by atoms with Gasteiger partial charge in [-0.25, -0.2) is 0 Å². The molecule has 0 aromatic heterocycles. The van der Waals surface area contributed by atoms with E-state index >= 15 is 0 Å². The molecule has 2 aliphatic rings. The molecule has 2 unspecified atom stereocenters. The minimum absolute atomic E-state index is 0.159. The molecular formula is C17H26N4O2. The van der Waals surface area contributed by atoms with Crippen molar-refractivity contribution in [1.29, 1.82) is 0 Å². The summed E-state index contributed by atoms with van der Waals surface area (Å²) in [5.41, 5.74) is 4.03. The molecule has 6 nitrogen and oxygen atoms in total. The highest BCUT2D eigenvalue weighted by atomic mass is 16.7. The molecule has 0 bridgehead atoms. The number of nitrogens with zero attached hydrogens (tertiary/aromatic N) is 2. The van der Waals surface area contributed by atoms with Gasteiger partial charge in [-0.15, -0.1) is 0 Å². The van der Waals surface area contributed by atoms with Gasteiger partial charge in [0, 0.05) is 44.3 Å². The second-order valence-electron chi connectivity index (χ2n) is 6.12. The van der Waals surface area contributed by atoms with Crippen LogP contribution in [0.15, 0.2) is 30.3 Å². The fourth-order valence-electron chi connectivity index (χ4n) is 3.36. The van der Waals surface area contributed by atoms with Crippen molar-refractivity contribution in [3.05, 3.63) is 30.3 Å². The maximum Gasteiger partial charge on any atom is 0.228 e. The standard InChI is InChI=1S/C17H26N4O2/c1-2-8-21(14-6-4-3-5-7-14)17(22)11-15-12-18-13-16-19-23-10-9-20(15)16/h3-7,15-16,18-19H,2,8-13H2,1H3. The van der Waals surface area contributed by atoms with Crippen LogP contribution in [0, 0.1) is 0 Å².